The van der Waals surface area contributed by atoms with Crippen LogP contribution < -0.4 is 0 Å². The summed E-state index contributed by atoms with van der Waals surface area (Å²) in [5.41, 5.74) is -6.10. The molecule has 0 aliphatic carbocycles. The van der Waals surface area contributed by atoms with Crippen LogP contribution in [0, 0.1) is 0 Å². The molecule has 1 aromatic heterocycles. The molecule has 0 N–H and O–H groups in total. The predicted octanol–water partition coefficient (Wildman–Crippen LogP) is 3.11. The van der Waals surface area contributed by atoms with E-state index in [9.17, 15) is 26.3 Å². The first-order valence-electron chi connectivity index (χ1n) is 3.34. The van der Waals surface area contributed by atoms with Crippen LogP contribution in [0.4, 0.5) is 26.3 Å². The molecule has 2 nitrogen and oxygen atoms in total. The van der Waals surface area contributed by atoms with E-state index in [0.29, 0.717) is 12.3 Å². The minimum atomic E-state index is -4.77. The first-order valence-corrected chi connectivity index (χ1v) is 4.16. The van der Waals surface area contributed by atoms with Crippen LogP contribution in [0.5, 0.6) is 0 Å². The zero-order chi connectivity index (χ0) is 11.7. The second-order valence-electron chi connectivity index (χ2n) is 2.27. The van der Waals surface area contributed by atoms with Gasteiger partial charge < -0.3 is 0 Å². The molecule has 0 aliphatic heterocycles. The van der Waals surface area contributed by atoms with Crippen LogP contribution in [0.2, 0.25) is 0 Å². The molecule has 0 radical (unpaired) electrons. The van der Waals surface area contributed by atoms with Crippen molar-refractivity contribution in [2.45, 2.75) is 16.8 Å². The van der Waals surface area contributed by atoms with Gasteiger partial charge in [-0.15, -0.1) is 0 Å². The lowest BCUT2D eigenvalue weighted by atomic mass is 10.4. The molecule has 1 aromatic rings. The van der Waals surface area contributed by atoms with Crippen molar-refractivity contribution < 1.29 is 26.3 Å². The molecule has 0 saturated carbocycles. The number of hydrogen-bond acceptors (Lipinski definition) is 3. The molecule has 0 unspecified atom stereocenters. The molecule has 15 heavy (non-hydrogen) atoms. The summed E-state index contributed by atoms with van der Waals surface area (Å²) in [5.74, 6) is 0. The smallest absolute Gasteiger partial charge is 0.231 e. The quantitative estimate of drug-likeness (QED) is 0.434. The fraction of sp³-hybridized carbons (Fsp3) is 0.333. The van der Waals surface area contributed by atoms with Crippen LogP contribution in [0.3, 0.4) is 0 Å². The number of alkyl halides is 6. The lowest BCUT2D eigenvalue weighted by molar-refractivity contribution is -0.141. The maximum absolute atomic E-state index is 12.0. The van der Waals surface area contributed by atoms with Crippen LogP contribution in [0.1, 0.15) is 5.69 Å². The molecule has 0 saturated heterocycles. The molecule has 0 amide bonds. The van der Waals surface area contributed by atoms with Gasteiger partial charge in [0.05, 0.1) is 0 Å². The average molecular weight is 248 g/mol. The number of rotatable bonds is 1. The number of hydrogen-bond donors (Lipinski definition) is 0. The van der Waals surface area contributed by atoms with Gasteiger partial charge in [-0.1, -0.05) is 0 Å². The number of thioether (sulfide) groups is 1. The van der Waals surface area contributed by atoms with Gasteiger partial charge in [0.2, 0.25) is 0 Å². The van der Waals surface area contributed by atoms with E-state index in [-0.39, 0.29) is 0 Å². The van der Waals surface area contributed by atoms with Gasteiger partial charge in [0, 0.05) is 18.0 Å². The highest BCUT2D eigenvalue weighted by Gasteiger charge is 2.35. The van der Waals surface area contributed by atoms with Gasteiger partial charge in [0.15, 0.2) is 5.16 Å². The van der Waals surface area contributed by atoms with E-state index in [1.807, 2.05) is 0 Å². The van der Waals surface area contributed by atoms with Crippen molar-refractivity contribution in [3.63, 3.8) is 0 Å². The molecule has 0 aliphatic rings. The predicted molar refractivity (Wildman–Crippen MR) is 38.9 cm³/mol. The maximum atomic E-state index is 12.0. The third-order valence-electron chi connectivity index (χ3n) is 1.13. The van der Waals surface area contributed by atoms with Crippen molar-refractivity contribution in [3.05, 3.63) is 18.0 Å². The highest BCUT2D eigenvalue weighted by molar-refractivity contribution is 8.00. The Hall–Kier alpha value is -0.990. The molecule has 84 valence electrons. The van der Waals surface area contributed by atoms with E-state index >= 15 is 0 Å². The summed E-state index contributed by atoms with van der Waals surface area (Å²) < 4.78 is 71.4. The Bertz CT molecular complexity index is 346. The Labute approximate surface area is 83.7 Å². The van der Waals surface area contributed by atoms with Crippen molar-refractivity contribution in [2.75, 3.05) is 0 Å². The normalized spacial score (nSPS) is 12.9. The minimum Gasteiger partial charge on any atom is -0.231 e. The lowest BCUT2D eigenvalue weighted by Gasteiger charge is -2.07. The molecule has 0 atom stereocenters. The van der Waals surface area contributed by atoms with Gasteiger partial charge in [-0.05, 0) is 6.07 Å². The fourth-order valence-electron chi connectivity index (χ4n) is 0.651. The van der Waals surface area contributed by atoms with E-state index in [0.717, 1.165) is 0 Å². The summed E-state index contributed by atoms with van der Waals surface area (Å²) >= 11 is -0.791. The van der Waals surface area contributed by atoms with E-state index in [1.165, 1.54) is 0 Å². The summed E-state index contributed by atoms with van der Waals surface area (Å²) in [4.78, 5) is 5.81. The van der Waals surface area contributed by atoms with Crippen LogP contribution in [-0.4, -0.2) is 15.5 Å². The molecule has 0 fully saturated rings. The van der Waals surface area contributed by atoms with Crippen molar-refractivity contribution in [1.29, 1.82) is 0 Å². The Balaban J connectivity index is 2.94. The summed E-state index contributed by atoms with van der Waals surface area (Å²) in [7, 11) is 0. The van der Waals surface area contributed by atoms with Gasteiger partial charge in [-0.2, -0.15) is 26.3 Å². The third kappa shape index (κ3) is 3.94. The van der Waals surface area contributed by atoms with Gasteiger partial charge in [-0.25, -0.2) is 9.97 Å². The minimum absolute atomic E-state index is 0.500. The van der Waals surface area contributed by atoms with E-state index < -0.39 is 34.3 Å². The zero-order valence-corrected chi connectivity index (χ0v) is 7.54. The molecule has 9 heteroatoms. The molecular formula is C6H2F6N2S. The summed E-state index contributed by atoms with van der Waals surface area (Å²) in [6.45, 7) is 0. The maximum Gasteiger partial charge on any atom is 0.449 e. The molecule has 0 aromatic carbocycles. The topological polar surface area (TPSA) is 25.8 Å². The van der Waals surface area contributed by atoms with Crippen molar-refractivity contribution in [2.24, 2.45) is 0 Å². The van der Waals surface area contributed by atoms with Crippen molar-refractivity contribution >= 4 is 11.8 Å². The van der Waals surface area contributed by atoms with Gasteiger partial charge in [-0.3, -0.25) is 0 Å². The largest absolute Gasteiger partial charge is 0.449 e. The second kappa shape index (κ2) is 3.87. The van der Waals surface area contributed by atoms with Crippen molar-refractivity contribution in [1.82, 2.24) is 9.97 Å². The van der Waals surface area contributed by atoms with Crippen LogP contribution in [0.25, 0.3) is 0 Å². The van der Waals surface area contributed by atoms with Gasteiger partial charge in [0.25, 0.3) is 0 Å². The Morgan fingerprint density at radius 1 is 1.07 bits per heavy atom. The summed E-state index contributed by atoms with van der Waals surface area (Å²) in [6, 6.07) is 0.500. The van der Waals surface area contributed by atoms with Gasteiger partial charge in [0.1, 0.15) is 5.69 Å². The van der Waals surface area contributed by atoms with Crippen LogP contribution in [-0.2, 0) is 6.18 Å². The molecular weight excluding hydrogens is 246 g/mol. The molecule has 0 bridgehead atoms. The second-order valence-corrected chi connectivity index (χ2v) is 3.30. The molecule has 1 rings (SSSR count). The molecule has 0 spiro atoms. The Kier molecular flexibility index (Phi) is 3.12. The van der Waals surface area contributed by atoms with E-state index in [4.69, 9.17) is 0 Å². The standard InChI is InChI=1S/C6H2F6N2S/c7-5(8,9)3-1-2-13-4(14-3)15-6(10,11)12/h1-2H. The highest BCUT2D eigenvalue weighted by atomic mass is 32.2. The SMILES string of the molecule is FC(F)(F)Sc1nccc(C(F)(F)F)n1. The fourth-order valence-corrected chi connectivity index (χ4v) is 1.12. The van der Waals surface area contributed by atoms with Crippen molar-refractivity contribution in [3.8, 4) is 0 Å². The average Bonchev–Trinajstić information content (AvgIpc) is 1.99. The lowest BCUT2D eigenvalue weighted by Crippen LogP contribution is -2.10. The van der Waals surface area contributed by atoms with E-state index in [2.05, 4.69) is 9.97 Å². The number of halogens is 6. The van der Waals surface area contributed by atoms with Gasteiger partial charge >= 0.3 is 11.7 Å². The molecule has 1 heterocycles. The summed E-state index contributed by atoms with van der Waals surface area (Å²) in [5, 5.41) is -0.975. The highest BCUT2D eigenvalue weighted by Crippen LogP contribution is 2.36. The number of aromatic nitrogens is 2. The van der Waals surface area contributed by atoms with Crippen LogP contribution in [0.15, 0.2) is 17.4 Å². The van der Waals surface area contributed by atoms with Crippen LogP contribution >= 0.6 is 11.8 Å². The summed E-state index contributed by atoms with van der Waals surface area (Å²) in [6.07, 6.45) is -4.15. The third-order valence-corrected chi connectivity index (χ3v) is 1.74. The first-order chi connectivity index (χ1) is 6.68. The number of nitrogens with zero attached hydrogens (tertiary/aromatic N) is 2. The monoisotopic (exact) mass is 248 g/mol. The Morgan fingerprint density at radius 2 is 1.67 bits per heavy atom. The van der Waals surface area contributed by atoms with E-state index in [1.54, 1.807) is 0 Å². The Morgan fingerprint density at radius 3 is 2.13 bits per heavy atom. The first kappa shape index (κ1) is 12.1. The zero-order valence-electron chi connectivity index (χ0n) is 6.73.